The Labute approximate surface area is 211 Å². The first-order chi connectivity index (χ1) is 16.7. The van der Waals surface area contributed by atoms with Crippen molar-refractivity contribution in [1.29, 1.82) is 0 Å². The number of fused-ring (bicyclic) bond motifs is 3. The molecule has 0 atom stereocenters. The lowest BCUT2D eigenvalue weighted by Gasteiger charge is -2.11. The van der Waals surface area contributed by atoms with Gasteiger partial charge in [-0.1, -0.05) is 76.1 Å². The van der Waals surface area contributed by atoms with Crippen molar-refractivity contribution in [2.24, 2.45) is 0 Å². The largest absolute Gasteiger partial charge is 0.457 e. The first kappa shape index (κ1) is 21.0. The molecule has 0 spiro atoms. The predicted octanol–water partition coefficient (Wildman–Crippen LogP) is 9.66. The highest BCUT2D eigenvalue weighted by Gasteiger charge is 2.13. The minimum atomic E-state index is 0.646. The zero-order valence-corrected chi connectivity index (χ0v) is 20.4. The average molecular weight is 525 g/mol. The highest BCUT2D eigenvalue weighted by Crippen LogP contribution is 2.37. The fourth-order valence-corrected chi connectivity index (χ4v) is 5.12. The fourth-order valence-electron chi connectivity index (χ4n) is 4.46. The van der Waals surface area contributed by atoms with Crippen LogP contribution in [0, 0.1) is 0 Å². The van der Waals surface area contributed by atoms with Gasteiger partial charge < -0.3 is 9.30 Å². The number of ether oxygens (including phenoxy) is 1. The summed E-state index contributed by atoms with van der Waals surface area (Å²) in [4.78, 5) is 0. The highest BCUT2D eigenvalue weighted by molar-refractivity contribution is 9.10. The third-order valence-corrected chi connectivity index (χ3v) is 6.62. The summed E-state index contributed by atoms with van der Waals surface area (Å²) >= 11 is 9.78. The van der Waals surface area contributed by atoms with Gasteiger partial charge in [-0.25, -0.2) is 0 Å². The van der Waals surface area contributed by atoms with Crippen LogP contribution in [0.25, 0.3) is 38.6 Å². The molecule has 0 aliphatic carbocycles. The van der Waals surface area contributed by atoms with Gasteiger partial charge in [0.1, 0.15) is 11.5 Å². The lowest BCUT2D eigenvalue weighted by molar-refractivity contribution is 0.482. The molecule has 5 aromatic carbocycles. The van der Waals surface area contributed by atoms with E-state index in [0.717, 1.165) is 27.0 Å². The molecule has 0 N–H and O–H groups in total. The number of halogens is 2. The quantitative estimate of drug-likeness (QED) is 0.224. The number of hydrogen-bond donors (Lipinski definition) is 0. The van der Waals surface area contributed by atoms with E-state index >= 15 is 0 Å². The van der Waals surface area contributed by atoms with E-state index in [9.17, 15) is 0 Å². The maximum absolute atomic E-state index is 6.13. The molecule has 1 heterocycles. The van der Waals surface area contributed by atoms with E-state index in [-0.39, 0.29) is 0 Å². The van der Waals surface area contributed by atoms with E-state index < -0.39 is 0 Å². The molecule has 0 aliphatic heterocycles. The molecule has 0 unspecified atom stereocenters. The molecule has 1 aromatic heterocycles. The van der Waals surface area contributed by atoms with Crippen LogP contribution >= 0.6 is 27.5 Å². The van der Waals surface area contributed by atoms with Crippen molar-refractivity contribution < 1.29 is 4.74 Å². The van der Waals surface area contributed by atoms with Crippen LogP contribution in [0.15, 0.2) is 120 Å². The second-order valence-electron chi connectivity index (χ2n) is 8.16. The zero-order chi connectivity index (χ0) is 23.1. The van der Waals surface area contributed by atoms with Crippen molar-refractivity contribution in [1.82, 2.24) is 4.57 Å². The van der Waals surface area contributed by atoms with Crippen molar-refractivity contribution in [2.75, 3.05) is 0 Å². The van der Waals surface area contributed by atoms with Crippen LogP contribution < -0.4 is 4.74 Å². The van der Waals surface area contributed by atoms with Crippen molar-refractivity contribution in [3.8, 4) is 28.3 Å². The van der Waals surface area contributed by atoms with Gasteiger partial charge in [0.15, 0.2) is 0 Å². The van der Waals surface area contributed by atoms with E-state index in [1.165, 1.54) is 21.8 Å². The summed E-state index contributed by atoms with van der Waals surface area (Å²) in [5, 5.41) is 3.09. The number of aromatic nitrogens is 1. The van der Waals surface area contributed by atoms with Crippen molar-refractivity contribution in [2.45, 2.75) is 0 Å². The Morgan fingerprint density at radius 3 is 2.24 bits per heavy atom. The van der Waals surface area contributed by atoms with E-state index in [2.05, 4.69) is 99.4 Å². The molecule has 2 nitrogen and oxygen atoms in total. The Balaban J connectivity index is 1.49. The van der Waals surface area contributed by atoms with E-state index in [1.54, 1.807) is 0 Å². The minimum absolute atomic E-state index is 0.646. The molecule has 4 heteroatoms. The van der Waals surface area contributed by atoms with Crippen LogP contribution in [-0.2, 0) is 0 Å². The Kier molecular flexibility index (Phi) is 5.37. The lowest BCUT2D eigenvalue weighted by Crippen LogP contribution is -1.92. The number of para-hydroxylation sites is 2. The molecule has 34 heavy (non-hydrogen) atoms. The third-order valence-electron chi connectivity index (χ3n) is 5.92. The maximum Gasteiger partial charge on any atom is 0.129 e. The molecule has 0 fully saturated rings. The van der Waals surface area contributed by atoms with Crippen LogP contribution in [0.2, 0.25) is 5.02 Å². The monoisotopic (exact) mass is 523 g/mol. The third kappa shape index (κ3) is 3.87. The minimum Gasteiger partial charge on any atom is -0.457 e. The molecule has 0 saturated heterocycles. The molecular formula is C30H19BrClNO. The molecule has 6 rings (SSSR count). The number of rotatable bonds is 4. The van der Waals surface area contributed by atoms with Gasteiger partial charge in [0.25, 0.3) is 0 Å². The summed E-state index contributed by atoms with van der Waals surface area (Å²) in [6, 6.07) is 39.3. The van der Waals surface area contributed by atoms with Crippen molar-refractivity contribution in [3.05, 3.63) is 125 Å². The van der Waals surface area contributed by atoms with Crippen LogP contribution in [-0.4, -0.2) is 4.57 Å². The second kappa shape index (κ2) is 8.68. The Morgan fingerprint density at radius 2 is 1.38 bits per heavy atom. The topological polar surface area (TPSA) is 14.2 Å². The molecule has 6 aromatic rings. The smallest absolute Gasteiger partial charge is 0.129 e. The summed E-state index contributed by atoms with van der Waals surface area (Å²) in [5.41, 5.74) is 5.73. The molecule has 0 radical (unpaired) electrons. The van der Waals surface area contributed by atoms with Gasteiger partial charge in [0.2, 0.25) is 0 Å². The Morgan fingerprint density at radius 1 is 0.588 bits per heavy atom. The molecule has 0 bridgehead atoms. The highest BCUT2D eigenvalue weighted by atomic mass is 79.9. The molecule has 164 valence electrons. The zero-order valence-electron chi connectivity index (χ0n) is 18.1. The SMILES string of the molecule is Clc1cccc(Oc2cc(Br)cc(-c3ccc4c(c3)c3ccccc3n4-c3ccccc3)c2)c1. The van der Waals surface area contributed by atoms with Crippen molar-refractivity contribution >= 4 is 49.3 Å². The van der Waals surface area contributed by atoms with Crippen LogP contribution in [0.4, 0.5) is 0 Å². The molecule has 0 saturated carbocycles. The molecule has 0 amide bonds. The summed E-state index contributed by atoms with van der Waals surface area (Å²) in [6.45, 7) is 0. The normalized spacial score (nSPS) is 11.2. The first-order valence-electron chi connectivity index (χ1n) is 11.0. The van der Waals surface area contributed by atoms with E-state index in [0.29, 0.717) is 10.8 Å². The average Bonchev–Trinajstić information content (AvgIpc) is 3.18. The standard InChI is InChI=1S/C30H19BrClNO/c31-22-15-21(16-26(18-22)34-25-10-6-7-23(32)19-25)20-13-14-30-28(17-20)27-11-4-5-12-29(27)33(30)24-8-2-1-3-9-24/h1-19H. The van der Waals surface area contributed by atoms with Crippen LogP contribution in [0.3, 0.4) is 0 Å². The van der Waals surface area contributed by atoms with Crippen molar-refractivity contribution in [3.63, 3.8) is 0 Å². The summed E-state index contributed by atoms with van der Waals surface area (Å²) in [7, 11) is 0. The lowest BCUT2D eigenvalue weighted by atomic mass is 10.0. The van der Waals surface area contributed by atoms with Gasteiger partial charge in [0, 0.05) is 26.0 Å². The summed E-state index contributed by atoms with van der Waals surface area (Å²) < 4.78 is 9.38. The Hall–Kier alpha value is -3.53. The maximum atomic E-state index is 6.13. The van der Waals surface area contributed by atoms with Gasteiger partial charge in [-0.15, -0.1) is 0 Å². The molecular weight excluding hydrogens is 506 g/mol. The van der Waals surface area contributed by atoms with Gasteiger partial charge in [-0.3, -0.25) is 0 Å². The second-order valence-corrected chi connectivity index (χ2v) is 9.51. The van der Waals surface area contributed by atoms with Gasteiger partial charge in [-0.05, 0) is 77.9 Å². The number of benzene rings is 5. The van der Waals surface area contributed by atoms with E-state index in [4.69, 9.17) is 16.3 Å². The van der Waals surface area contributed by atoms with Crippen LogP contribution in [0.1, 0.15) is 0 Å². The van der Waals surface area contributed by atoms with Crippen LogP contribution in [0.5, 0.6) is 11.5 Å². The summed E-state index contributed by atoms with van der Waals surface area (Å²) in [6.07, 6.45) is 0. The van der Waals surface area contributed by atoms with Gasteiger partial charge in [-0.2, -0.15) is 0 Å². The van der Waals surface area contributed by atoms with E-state index in [1.807, 2.05) is 36.4 Å². The van der Waals surface area contributed by atoms with Gasteiger partial charge >= 0.3 is 0 Å². The predicted molar refractivity (Wildman–Crippen MR) is 145 cm³/mol. The van der Waals surface area contributed by atoms with Gasteiger partial charge in [0.05, 0.1) is 11.0 Å². The fraction of sp³-hybridized carbons (Fsp3) is 0. The first-order valence-corrected chi connectivity index (χ1v) is 12.2. The molecule has 0 aliphatic rings. The number of hydrogen-bond acceptors (Lipinski definition) is 1. The Bertz CT molecular complexity index is 1660. The summed E-state index contributed by atoms with van der Waals surface area (Å²) in [5.74, 6) is 1.45. The number of nitrogens with zero attached hydrogens (tertiary/aromatic N) is 1.